The molecule has 2 rings (SSSR count). The van der Waals surface area contributed by atoms with E-state index in [0.717, 1.165) is 27.8 Å². The fourth-order valence-corrected chi connectivity index (χ4v) is 2.87. The van der Waals surface area contributed by atoms with Crippen molar-refractivity contribution in [3.05, 3.63) is 41.6 Å². The highest BCUT2D eigenvalue weighted by molar-refractivity contribution is 7.99. The van der Waals surface area contributed by atoms with Gasteiger partial charge in [-0.05, 0) is 30.7 Å². The van der Waals surface area contributed by atoms with Gasteiger partial charge in [0.15, 0.2) is 0 Å². The molecule has 1 unspecified atom stereocenters. The number of nitrogens with zero attached hydrogens (tertiary/aromatic N) is 2. The lowest BCUT2D eigenvalue weighted by molar-refractivity contribution is 0.414. The molecular formula is C14H19N3OS. The van der Waals surface area contributed by atoms with Crippen LogP contribution in [0.25, 0.3) is 0 Å². The van der Waals surface area contributed by atoms with Gasteiger partial charge in [0, 0.05) is 18.8 Å². The highest BCUT2D eigenvalue weighted by atomic mass is 32.2. The topological polar surface area (TPSA) is 53.1 Å². The third-order valence-corrected chi connectivity index (χ3v) is 4.12. The van der Waals surface area contributed by atoms with E-state index in [-0.39, 0.29) is 6.04 Å². The van der Waals surface area contributed by atoms with Crippen LogP contribution in [0.1, 0.15) is 17.3 Å². The Labute approximate surface area is 117 Å². The van der Waals surface area contributed by atoms with Crippen LogP contribution < -0.4 is 10.5 Å². The Kier molecular flexibility index (Phi) is 4.50. The minimum absolute atomic E-state index is 0.00566. The van der Waals surface area contributed by atoms with Gasteiger partial charge in [-0.2, -0.15) is 5.10 Å². The van der Waals surface area contributed by atoms with Crippen molar-refractivity contribution in [1.82, 2.24) is 9.78 Å². The average molecular weight is 277 g/mol. The predicted molar refractivity (Wildman–Crippen MR) is 78.6 cm³/mol. The van der Waals surface area contributed by atoms with E-state index >= 15 is 0 Å². The highest BCUT2D eigenvalue weighted by Crippen LogP contribution is 2.24. The minimum atomic E-state index is 0.00566. The van der Waals surface area contributed by atoms with Crippen LogP contribution in [0.2, 0.25) is 0 Å². The van der Waals surface area contributed by atoms with Gasteiger partial charge in [-0.1, -0.05) is 12.1 Å². The molecule has 0 saturated carbocycles. The van der Waals surface area contributed by atoms with Crippen LogP contribution in [-0.2, 0) is 7.05 Å². The van der Waals surface area contributed by atoms with E-state index in [4.69, 9.17) is 10.5 Å². The van der Waals surface area contributed by atoms with Crippen LogP contribution in [-0.4, -0.2) is 22.6 Å². The van der Waals surface area contributed by atoms with Crippen LogP contribution in [0.4, 0.5) is 0 Å². The number of aromatic nitrogens is 2. The minimum Gasteiger partial charge on any atom is -0.497 e. The van der Waals surface area contributed by atoms with Crippen molar-refractivity contribution in [2.45, 2.75) is 18.0 Å². The summed E-state index contributed by atoms with van der Waals surface area (Å²) >= 11 is 1.72. The second kappa shape index (κ2) is 6.12. The van der Waals surface area contributed by atoms with Gasteiger partial charge in [0.1, 0.15) is 5.75 Å². The van der Waals surface area contributed by atoms with Crippen LogP contribution >= 0.6 is 11.8 Å². The summed E-state index contributed by atoms with van der Waals surface area (Å²) in [7, 11) is 3.61. The monoisotopic (exact) mass is 277 g/mol. The van der Waals surface area contributed by atoms with Crippen molar-refractivity contribution in [3.8, 4) is 5.75 Å². The van der Waals surface area contributed by atoms with E-state index in [1.165, 1.54) is 0 Å². The molecule has 1 aromatic heterocycles. The average Bonchev–Trinajstić information content (AvgIpc) is 2.74. The van der Waals surface area contributed by atoms with Crippen molar-refractivity contribution in [2.75, 3.05) is 12.9 Å². The van der Waals surface area contributed by atoms with E-state index in [2.05, 4.69) is 11.2 Å². The Hall–Kier alpha value is -1.46. The van der Waals surface area contributed by atoms with Gasteiger partial charge in [-0.3, -0.25) is 4.68 Å². The van der Waals surface area contributed by atoms with E-state index in [1.807, 2.05) is 42.9 Å². The van der Waals surface area contributed by atoms with Crippen molar-refractivity contribution in [1.29, 1.82) is 0 Å². The molecule has 0 bridgehead atoms. The summed E-state index contributed by atoms with van der Waals surface area (Å²) in [5.41, 5.74) is 8.35. The molecule has 0 fully saturated rings. The third-order valence-electron chi connectivity index (χ3n) is 2.91. The summed E-state index contributed by atoms with van der Waals surface area (Å²) in [5, 5.41) is 5.46. The van der Waals surface area contributed by atoms with Gasteiger partial charge in [-0.15, -0.1) is 11.8 Å². The summed E-state index contributed by atoms with van der Waals surface area (Å²) < 4.78 is 7.03. The third kappa shape index (κ3) is 3.52. The maximum Gasteiger partial charge on any atom is 0.118 e. The quantitative estimate of drug-likeness (QED) is 0.853. The largest absolute Gasteiger partial charge is 0.497 e. The summed E-state index contributed by atoms with van der Waals surface area (Å²) in [6.45, 7) is 1.99. The maximum atomic E-state index is 6.20. The number of rotatable bonds is 5. The first kappa shape index (κ1) is 14.0. The summed E-state index contributed by atoms with van der Waals surface area (Å²) in [6, 6.07) is 9.98. The summed E-state index contributed by atoms with van der Waals surface area (Å²) in [5.74, 6) is 1.68. The zero-order valence-corrected chi connectivity index (χ0v) is 12.3. The standard InChI is InChI=1S/C14H19N3OS/c1-10-8-14(17(2)16-10)19-9-13(15)11-4-6-12(18-3)7-5-11/h4-8,13H,9,15H2,1-3H3. The predicted octanol–water partition coefficient (Wildman–Crippen LogP) is 2.53. The number of hydrogen-bond donors (Lipinski definition) is 1. The number of thioether (sulfide) groups is 1. The first-order valence-electron chi connectivity index (χ1n) is 6.13. The fraction of sp³-hybridized carbons (Fsp3) is 0.357. The van der Waals surface area contributed by atoms with Gasteiger partial charge in [-0.25, -0.2) is 0 Å². The van der Waals surface area contributed by atoms with Crippen LogP contribution in [0, 0.1) is 6.92 Å². The molecule has 0 aliphatic heterocycles. The molecule has 0 aliphatic carbocycles. The van der Waals surface area contributed by atoms with Crippen LogP contribution in [0.15, 0.2) is 35.4 Å². The molecule has 1 aromatic carbocycles. The Balaban J connectivity index is 1.96. The number of hydrogen-bond acceptors (Lipinski definition) is 4. The summed E-state index contributed by atoms with van der Waals surface area (Å²) in [6.07, 6.45) is 0. The Morgan fingerprint density at radius 1 is 1.37 bits per heavy atom. The highest BCUT2D eigenvalue weighted by Gasteiger charge is 2.09. The molecular weight excluding hydrogens is 258 g/mol. The maximum absolute atomic E-state index is 6.20. The lowest BCUT2D eigenvalue weighted by Crippen LogP contribution is -2.13. The Morgan fingerprint density at radius 2 is 2.05 bits per heavy atom. The molecule has 0 spiro atoms. The van der Waals surface area contributed by atoms with Crippen molar-refractivity contribution in [2.24, 2.45) is 12.8 Å². The van der Waals surface area contributed by atoms with Crippen molar-refractivity contribution < 1.29 is 4.74 Å². The van der Waals surface area contributed by atoms with E-state index in [0.29, 0.717) is 0 Å². The summed E-state index contributed by atoms with van der Waals surface area (Å²) in [4.78, 5) is 0. The second-order valence-corrected chi connectivity index (χ2v) is 5.48. The molecule has 1 atom stereocenters. The first-order chi connectivity index (χ1) is 9.10. The van der Waals surface area contributed by atoms with E-state index in [1.54, 1.807) is 18.9 Å². The molecule has 0 radical (unpaired) electrons. The molecule has 0 amide bonds. The molecule has 0 saturated heterocycles. The van der Waals surface area contributed by atoms with E-state index in [9.17, 15) is 0 Å². The molecule has 19 heavy (non-hydrogen) atoms. The zero-order valence-electron chi connectivity index (χ0n) is 11.5. The number of nitrogens with two attached hydrogens (primary N) is 1. The molecule has 2 aromatic rings. The molecule has 2 N–H and O–H groups in total. The van der Waals surface area contributed by atoms with Gasteiger partial charge >= 0.3 is 0 Å². The lowest BCUT2D eigenvalue weighted by Gasteiger charge is -2.12. The second-order valence-electron chi connectivity index (χ2n) is 4.44. The first-order valence-corrected chi connectivity index (χ1v) is 7.11. The number of methoxy groups -OCH3 is 1. The molecule has 5 heteroatoms. The van der Waals surface area contributed by atoms with Gasteiger partial charge in [0.25, 0.3) is 0 Å². The van der Waals surface area contributed by atoms with Crippen LogP contribution in [0.5, 0.6) is 5.75 Å². The SMILES string of the molecule is COc1ccc(C(N)CSc2cc(C)nn2C)cc1. The van der Waals surface area contributed by atoms with E-state index < -0.39 is 0 Å². The Morgan fingerprint density at radius 3 is 2.58 bits per heavy atom. The van der Waals surface area contributed by atoms with Crippen molar-refractivity contribution in [3.63, 3.8) is 0 Å². The molecule has 102 valence electrons. The lowest BCUT2D eigenvalue weighted by atomic mass is 10.1. The molecule has 0 aliphatic rings. The number of benzene rings is 1. The smallest absolute Gasteiger partial charge is 0.118 e. The van der Waals surface area contributed by atoms with Gasteiger partial charge in [0.05, 0.1) is 17.8 Å². The van der Waals surface area contributed by atoms with Gasteiger partial charge in [0.2, 0.25) is 0 Å². The number of aryl methyl sites for hydroxylation is 2. The molecule has 1 heterocycles. The van der Waals surface area contributed by atoms with Gasteiger partial charge < -0.3 is 10.5 Å². The fourth-order valence-electron chi connectivity index (χ4n) is 1.84. The Bertz CT molecular complexity index is 536. The normalized spacial score (nSPS) is 12.4. The van der Waals surface area contributed by atoms with Crippen LogP contribution in [0.3, 0.4) is 0 Å². The van der Waals surface area contributed by atoms with Crippen molar-refractivity contribution >= 4 is 11.8 Å². The molecule has 4 nitrogen and oxygen atoms in total. The number of ether oxygens (including phenoxy) is 1. The zero-order chi connectivity index (χ0) is 13.8.